The zero-order valence-electron chi connectivity index (χ0n) is 11.1. The summed E-state index contributed by atoms with van der Waals surface area (Å²) in [5.74, 6) is -0.858. The number of nitrogens with zero attached hydrogens (tertiary/aromatic N) is 1. The number of carbonyl (C=O) groups is 1. The van der Waals surface area contributed by atoms with Crippen molar-refractivity contribution in [2.45, 2.75) is 19.5 Å². The van der Waals surface area contributed by atoms with Crippen LogP contribution in [-0.4, -0.2) is 54.9 Å². The van der Waals surface area contributed by atoms with E-state index in [1.165, 1.54) is 11.3 Å². The monoisotopic (exact) mass is 284 g/mol. The van der Waals surface area contributed by atoms with Crippen molar-refractivity contribution in [1.29, 1.82) is 0 Å². The van der Waals surface area contributed by atoms with Gasteiger partial charge in [0.15, 0.2) is 0 Å². The minimum Gasteiger partial charge on any atom is -0.478 e. The largest absolute Gasteiger partial charge is 0.478 e. The smallest absolute Gasteiger partial charge is 0.336 e. The first-order valence-corrected chi connectivity index (χ1v) is 7.37. The number of carboxylic acids is 1. The van der Waals surface area contributed by atoms with E-state index in [1.807, 2.05) is 0 Å². The van der Waals surface area contributed by atoms with Crippen LogP contribution < -0.4 is 5.32 Å². The van der Waals surface area contributed by atoms with E-state index < -0.39 is 5.97 Å². The molecule has 0 spiro atoms. The lowest BCUT2D eigenvalue weighted by atomic mass is 10.2. The highest BCUT2D eigenvalue weighted by Crippen LogP contribution is 2.14. The summed E-state index contributed by atoms with van der Waals surface area (Å²) in [5.41, 5.74) is 0.377. The van der Waals surface area contributed by atoms with Crippen LogP contribution in [0.1, 0.15) is 22.2 Å². The number of ether oxygens (including phenoxy) is 1. The van der Waals surface area contributed by atoms with E-state index in [2.05, 4.69) is 17.1 Å². The summed E-state index contributed by atoms with van der Waals surface area (Å²) in [6, 6.07) is 2.12. The van der Waals surface area contributed by atoms with Gasteiger partial charge in [-0.05, 0) is 13.0 Å². The van der Waals surface area contributed by atoms with Gasteiger partial charge >= 0.3 is 5.97 Å². The van der Waals surface area contributed by atoms with Gasteiger partial charge in [0, 0.05) is 42.5 Å². The molecule has 2 rings (SSSR count). The Morgan fingerprint density at radius 1 is 1.58 bits per heavy atom. The quantitative estimate of drug-likeness (QED) is 0.823. The van der Waals surface area contributed by atoms with Crippen molar-refractivity contribution in [2.75, 3.05) is 32.8 Å². The molecule has 6 heteroatoms. The van der Waals surface area contributed by atoms with Crippen LogP contribution in [-0.2, 0) is 11.3 Å². The molecule has 0 amide bonds. The van der Waals surface area contributed by atoms with Crippen LogP contribution in [0.4, 0.5) is 0 Å². The van der Waals surface area contributed by atoms with E-state index in [0.717, 1.165) is 44.3 Å². The van der Waals surface area contributed by atoms with Crippen LogP contribution in [0.15, 0.2) is 11.4 Å². The van der Waals surface area contributed by atoms with E-state index in [1.54, 1.807) is 11.4 Å². The Morgan fingerprint density at radius 3 is 2.95 bits per heavy atom. The number of hydrogen-bond acceptors (Lipinski definition) is 5. The van der Waals surface area contributed by atoms with Crippen LogP contribution >= 0.6 is 11.3 Å². The van der Waals surface area contributed by atoms with Gasteiger partial charge in [-0.15, -0.1) is 11.3 Å². The number of thiophene rings is 1. The molecule has 1 aliphatic heterocycles. The van der Waals surface area contributed by atoms with Crippen molar-refractivity contribution in [3.05, 3.63) is 21.9 Å². The molecule has 19 heavy (non-hydrogen) atoms. The summed E-state index contributed by atoms with van der Waals surface area (Å²) in [5, 5.41) is 14.0. The van der Waals surface area contributed by atoms with E-state index in [0.29, 0.717) is 11.6 Å². The van der Waals surface area contributed by atoms with E-state index >= 15 is 0 Å². The predicted molar refractivity (Wildman–Crippen MR) is 74.8 cm³/mol. The van der Waals surface area contributed by atoms with Crippen LogP contribution in [0.3, 0.4) is 0 Å². The summed E-state index contributed by atoms with van der Waals surface area (Å²) in [6.07, 6.45) is 0. The van der Waals surface area contributed by atoms with E-state index in [4.69, 9.17) is 9.84 Å². The molecule has 0 bridgehead atoms. The molecule has 5 nitrogen and oxygen atoms in total. The van der Waals surface area contributed by atoms with Crippen molar-refractivity contribution in [3.8, 4) is 0 Å². The molecule has 1 saturated heterocycles. The Bertz CT molecular complexity index is 416. The van der Waals surface area contributed by atoms with Crippen molar-refractivity contribution in [3.63, 3.8) is 0 Å². The van der Waals surface area contributed by atoms with Gasteiger partial charge in [-0.25, -0.2) is 4.79 Å². The van der Waals surface area contributed by atoms with Crippen molar-refractivity contribution >= 4 is 17.3 Å². The minimum atomic E-state index is -0.858. The molecule has 0 aromatic carbocycles. The molecule has 2 heterocycles. The SMILES string of the molecule is CC(CN1CCOCC1)NCc1cc(C(=O)O)cs1. The van der Waals surface area contributed by atoms with Gasteiger partial charge < -0.3 is 15.2 Å². The summed E-state index contributed by atoms with van der Waals surface area (Å²) >= 11 is 1.49. The third-order valence-electron chi connectivity index (χ3n) is 3.16. The lowest BCUT2D eigenvalue weighted by Crippen LogP contribution is -2.44. The number of aromatic carboxylic acids is 1. The summed E-state index contributed by atoms with van der Waals surface area (Å²) in [7, 11) is 0. The summed E-state index contributed by atoms with van der Waals surface area (Å²) < 4.78 is 5.32. The molecule has 1 aromatic heterocycles. The molecule has 1 aromatic rings. The number of hydrogen-bond donors (Lipinski definition) is 2. The molecule has 1 aliphatic rings. The summed E-state index contributed by atoms with van der Waals surface area (Å²) in [6.45, 7) is 7.51. The van der Waals surface area contributed by atoms with Gasteiger partial charge in [-0.3, -0.25) is 4.90 Å². The van der Waals surface area contributed by atoms with E-state index in [9.17, 15) is 4.79 Å². The molecule has 1 fully saturated rings. The number of carboxylic acid groups (broad SMARTS) is 1. The fourth-order valence-electron chi connectivity index (χ4n) is 2.10. The van der Waals surface area contributed by atoms with Crippen LogP contribution in [0.5, 0.6) is 0 Å². The van der Waals surface area contributed by atoms with Gasteiger partial charge in [0.25, 0.3) is 0 Å². The van der Waals surface area contributed by atoms with Crippen LogP contribution in [0.2, 0.25) is 0 Å². The second kappa shape index (κ2) is 7.00. The average molecular weight is 284 g/mol. The van der Waals surface area contributed by atoms with Crippen LogP contribution in [0, 0.1) is 0 Å². The van der Waals surface area contributed by atoms with Gasteiger partial charge in [0.2, 0.25) is 0 Å². The Morgan fingerprint density at radius 2 is 2.32 bits per heavy atom. The zero-order valence-corrected chi connectivity index (χ0v) is 11.9. The maximum Gasteiger partial charge on any atom is 0.336 e. The van der Waals surface area contributed by atoms with Gasteiger partial charge in [-0.2, -0.15) is 0 Å². The molecular formula is C13H20N2O3S. The number of rotatable bonds is 6. The topological polar surface area (TPSA) is 61.8 Å². The second-order valence-corrected chi connectivity index (χ2v) is 5.80. The van der Waals surface area contributed by atoms with Crippen molar-refractivity contribution in [1.82, 2.24) is 10.2 Å². The molecule has 0 aliphatic carbocycles. The van der Waals surface area contributed by atoms with Crippen molar-refractivity contribution < 1.29 is 14.6 Å². The molecule has 1 unspecified atom stereocenters. The van der Waals surface area contributed by atoms with Gasteiger partial charge in [0.05, 0.1) is 18.8 Å². The number of morpholine rings is 1. The number of nitrogens with one attached hydrogen (secondary N) is 1. The molecule has 2 N–H and O–H groups in total. The molecule has 0 radical (unpaired) electrons. The highest BCUT2D eigenvalue weighted by Gasteiger charge is 2.13. The first-order chi connectivity index (χ1) is 9.15. The Hall–Kier alpha value is -0.950. The maximum atomic E-state index is 10.8. The minimum absolute atomic E-state index is 0.377. The zero-order chi connectivity index (χ0) is 13.7. The molecule has 106 valence electrons. The predicted octanol–water partition coefficient (Wildman–Crippen LogP) is 1.26. The lowest BCUT2D eigenvalue weighted by molar-refractivity contribution is 0.0343. The fraction of sp³-hybridized carbons (Fsp3) is 0.615. The third-order valence-corrected chi connectivity index (χ3v) is 4.10. The van der Waals surface area contributed by atoms with Crippen LogP contribution in [0.25, 0.3) is 0 Å². The van der Waals surface area contributed by atoms with Gasteiger partial charge in [-0.1, -0.05) is 0 Å². The molecule has 0 saturated carbocycles. The maximum absolute atomic E-state index is 10.8. The first kappa shape index (κ1) is 14.5. The standard InChI is InChI=1S/C13H20N2O3S/c1-10(8-15-2-4-18-5-3-15)14-7-12-6-11(9-19-12)13(16)17/h6,9-10,14H,2-5,7-8H2,1H3,(H,16,17). The Balaban J connectivity index is 1.72. The Kier molecular flexibility index (Phi) is 5.33. The average Bonchev–Trinajstić information content (AvgIpc) is 2.86. The highest BCUT2D eigenvalue weighted by molar-refractivity contribution is 7.10. The highest BCUT2D eigenvalue weighted by atomic mass is 32.1. The molecular weight excluding hydrogens is 264 g/mol. The Labute approximate surface area is 117 Å². The second-order valence-electron chi connectivity index (χ2n) is 4.80. The fourth-order valence-corrected chi connectivity index (χ4v) is 2.90. The van der Waals surface area contributed by atoms with E-state index in [-0.39, 0.29) is 0 Å². The molecule has 1 atom stereocenters. The first-order valence-electron chi connectivity index (χ1n) is 6.49. The third kappa shape index (κ3) is 4.58. The lowest BCUT2D eigenvalue weighted by Gasteiger charge is -2.29. The van der Waals surface area contributed by atoms with Crippen molar-refractivity contribution in [2.24, 2.45) is 0 Å². The summed E-state index contributed by atoms with van der Waals surface area (Å²) in [4.78, 5) is 14.2. The normalized spacial score (nSPS) is 18.4. The van der Waals surface area contributed by atoms with Gasteiger partial charge in [0.1, 0.15) is 0 Å².